The smallest absolute Gasteiger partial charge is 0.247 e. The van der Waals surface area contributed by atoms with E-state index < -0.39 is 6.04 Å². The second kappa shape index (κ2) is 8.32. The van der Waals surface area contributed by atoms with Crippen molar-refractivity contribution in [2.24, 2.45) is 0 Å². The summed E-state index contributed by atoms with van der Waals surface area (Å²) in [6.07, 6.45) is 0. The topological polar surface area (TPSA) is 60.2 Å². The van der Waals surface area contributed by atoms with E-state index in [1.807, 2.05) is 36.4 Å². The Kier molecular flexibility index (Phi) is 5.44. The Morgan fingerprint density at radius 1 is 1.00 bits per heavy atom. The molecule has 7 heteroatoms. The van der Waals surface area contributed by atoms with Gasteiger partial charge < -0.3 is 14.5 Å². The van der Waals surface area contributed by atoms with Crippen LogP contribution in [0.4, 0.5) is 10.1 Å². The highest BCUT2D eigenvalue weighted by Crippen LogP contribution is 2.30. The molecule has 146 valence electrons. The summed E-state index contributed by atoms with van der Waals surface area (Å²) in [4.78, 5) is 0. The van der Waals surface area contributed by atoms with Gasteiger partial charge in [-0.3, -0.25) is 0 Å². The average Bonchev–Trinajstić information content (AvgIpc) is 3.23. The van der Waals surface area contributed by atoms with Gasteiger partial charge in [0.25, 0.3) is 0 Å². The zero-order valence-corrected chi connectivity index (χ0v) is 16.2. The zero-order chi connectivity index (χ0) is 20.2. The Balaban J connectivity index is 1.71. The van der Waals surface area contributed by atoms with E-state index in [1.54, 1.807) is 31.4 Å². The van der Waals surface area contributed by atoms with Crippen LogP contribution in [0.3, 0.4) is 0 Å². The third-order valence-corrected chi connectivity index (χ3v) is 4.60. The summed E-state index contributed by atoms with van der Waals surface area (Å²) >= 11 is 6.04. The van der Waals surface area contributed by atoms with Gasteiger partial charge in [0.1, 0.15) is 17.6 Å². The number of ether oxygens (including phenoxy) is 1. The first-order valence-corrected chi connectivity index (χ1v) is 9.25. The molecule has 0 aliphatic rings. The van der Waals surface area contributed by atoms with E-state index in [1.165, 1.54) is 12.1 Å². The summed E-state index contributed by atoms with van der Waals surface area (Å²) in [5, 5.41) is 12.3. The number of nitrogens with one attached hydrogen (secondary N) is 1. The Bertz CT molecular complexity index is 1120. The highest BCUT2D eigenvalue weighted by Gasteiger charge is 2.22. The monoisotopic (exact) mass is 409 g/mol. The van der Waals surface area contributed by atoms with Crippen LogP contribution < -0.4 is 10.1 Å². The van der Waals surface area contributed by atoms with Crippen LogP contribution >= 0.6 is 11.6 Å². The van der Waals surface area contributed by atoms with Crippen molar-refractivity contribution in [2.45, 2.75) is 6.04 Å². The fourth-order valence-electron chi connectivity index (χ4n) is 2.91. The molecule has 0 saturated heterocycles. The molecule has 5 nitrogen and oxygen atoms in total. The van der Waals surface area contributed by atoms with Crippen molar-refractivity contribution >= 4 is 17.3 Å². The van der Waals surface area contributed by atoms with Crippen LogP contribution in [-0.2, 0) is 0 Å². The van der Waals surface area contributed by atoms with Crippen molar-refractivity contribution < 1.29 is 13.5 Å². The molecule has 1 heterocycles. The minimum absolute atomic E-state index is 0.242. The average molecular weight is 410 g/mol. The van der Waals surface area contributed by atoms with Gasteiger partial charge in [0.2, 0.25) is 11.8 Å². The van der Waals surface area contributed by atoms with Gasteiger partial charge in [-0.1, -0.05) is 35.9 Å². The molecule has 1 aromatic heterocycles. The number of nitrogens with zero attached hydrogens (tertiary/aromatic N) is 2. The predicted octanol–water partition coefficient (Wildman–Crippen LogP) is 5.74. The zero-order valence-electron chi connectivity index (χ0n) is 15.5. The molecule has 3 aromatic carbocycles. The Hall–Kier alpha value is -3.38. The second-order valence-corrected chi connectivity index (χ2v) is 6.75. The van der Waals surface area contributed by atoms with Crippen LogP contribution in [0.5, 0.6) is 5.75 Å². The van der Waals surface area contributed by atoms with E-state index in [2.05, 4.69) is 15.5 Å². The van der Waals surface area contributed by atoms with E-state index >= 15 is 0 Å². The first kappa shape index (κ1) is 19.0. The molecule has 0 amide bonds. The first-order chi connectivity index (χ1) is 14.1. The summed E-state index contributed by atoms with van der Waals surface area (Å²) in [6, 6.07) is 20.5. The molecule has 0 aliphatic heterocycles. The Morgan fingerprint density at radius 3 is 2.55 bits per heavy atom. The number of benzene rings is 3. The van der Waals surface area contributed by atoms with E-state index in [9.17, 15) is 4.39 Å². The quantitative estimate of drug-likeness (QED) is 0.440. The van der Waals surface area contributed by atoms with Crippen LogP contribution in [0.2, 0.25) is 5.02 Å². The van der Waals surface area contributed by atoms with Gasteiger partial charge in [0.05, 0.1) is 7.11 Å². The number of halogens is 2. The van der Waals surface area contributed by atoms with Gasteiger partial charge in [0, 0.05) is 22.3 Å². The standard InChI is InChI=1S/C22H17ClFN3O2/c1-28-19-7-3-6-18(13-19)25-20(14-8-10-16(23)11-9-14)22-27-26-21(29-22)15-4-2-5-17(24)12-15/h2-13,20,25H,1H3/t20-/m0/s1. The fourth-order valence-corrected chi connectivity index (χ4v) is 3.04. The number of hydrogen-bond acceptors (Lipinski definition) is 5. The highest BCUT2D eigenvalue weighted by molar-refractivity contribution is 6.30. The van der Waals surface area contributed by atoms with Crippen LogP contribution in [0.25, 0.3) is 11.5 Å². The minimum Gasteiger partial charge on any atom is -0.497 e. The summed E-state index contributed by atoms with van der Waals surface area (Å²) in [6.45, 7) is 0. The van der Waals surface area contributed by atoms with Crippen molar-refractivity contribution in [3.05, 3.63) is 95.1 Å². The molecule has 0 saturated carbocycles. The van der Waals surface area contributed by atoms with Crippen LogP contribution in [0, 0.1) is 5.82 Å². The molecule has 1 atom stereocenters. The molecule has 4 aromatic rings. The molecule has 0 radical (unpaired) electrons. The molecular formula is C22H17ClFN3O2. The lowest BCUT2D eigenvalue weighted by Gasteiger charge is -2.17. The molecule has 29 heavy (non-hydrogen) atoms. The Labute approximate surface area is 172 Å². The summed E-state index contributed by atoms with van der Waals surface area (Å²) in [7, 11) is 1.61. The van der Waals surface area contributed by atoms with E-state index in [0.29, 0.717) is 16.5 Å². The lowest BCUT2D eigenvalue weighted by molar-refractivity contribution is 0.415. The third-order valence-electron chi connectivity index (χ3n) is 4.34. The highest BCUT2D eigenvalue weighted by atomic mass is 35.5. The lowest BCUT2D eigenvalue weighted by atomic mass is 10.1. The molecule has 0 spiro atoms. The predicted molar refractivity (Wildman–Crippen MR) is 110 cm³/mol. The normalized spacial score (nSPS) is 11.8. The molecule has 1 N–H and O–H groups in total. The van der Waals surface area contributed by atoms with E-state index in [0.717, 1.165) is 17.0 Å². The van der Waals surface area contributed by atoms with Crippen molar-refractivity contribution in [1.29, 1.82) is 0 Å². The van der Waals surface area contributed by atoms with Crippen LogP contribution in [0.15, 0.2) is 77.2 Å². The van der Waals surface area contributed by atoms with Crippen LogP contribution in [0.1, 0.15) is 17.5 Å². The third kappa shape index (κ3) is 4.38. The number of aromatic nitrogens is 2. The molecule has 0 aliphatic carbocycles. The van der Waals surface area contributed by atoms with Gasteiger partial charge in [-0.2, -0.15) is 0 Å². The van der Waals surface area contributed by atoms with E-state index in [4.69, 9.17) is 20.8 Å². The molecule has 4 rings (SSSR count). The number of hydrogen-bond donors (Lipinski definition) is 1. The first-order valence-electron chi connectivity index (χ1n) is 8.88. The van der Waals surface area contributed by atoms with Gasteiger partial charge in [-0.05, 0) is 48.0 Å². The maximum Gasteiger partial charge on any atom is 0.247 e. The number of rotatable bonds is 6. The van der Waals surface area contributed by atoms with Crippen molar-refractivity contribution in [2.75, 3.05) is 12.4 Å². The summed E-state index contributed by atoms with van der Waals surface area (Å²) < 4.78 is 24.7. The maximum absolute atomic E-state index is 13.6. The van der Waals surface area contributed by atoms with Crippen molar-refractivity contribution in [3.8, 4) is 17.2 Å². The van der Waals surface area contributed by atoms with Gasteiger partial charge in [0.15, 0.2) is 0 Å². The molecular weight excluding hydrogens is 393 g/mol. The fraction of sp³-hybridized carbons (Fsp3) is 0.0909. The van der Waals surface area contributed by atoms with Crippen molar-refractivity contribution in [1.82, 2.24) is 10.2 Å². The number of methoxy groups -OCH3 is 1. The summed E-state index contributed by atoms with van der Waals surface area (Å²) in [5.74, 6) is 0.933. The molecule has 0 bridgehead atoms. The minimum atomic E-state index is -0.436. The SMILES string of the molecule is COc1cccc(N[C@@H](c2ccc(Cl)cc2)c2nnc(-c3cccc(F)c3)o2)c1. The molecule has 0 fully saturated rings. The summed E-state index contributed by atoms with van der Waals surface area (Å²) in [5.41, 5.74) is 2.21. The number of anilines is 1. The molecule has 0 unspecified atom stereocenters. The lowest BCUT2D eigenvalue weighted by Crippen LogP contribution is -2.13. The van der Waals surface area contributed by atoms with Crippen LogP contribution in [-0.4, -0.2) is 17.3 Å². The Morgan fingerprint density at radius 2 is 1.79 bits per heavy atom. The van der Waals surface area contributed by atoms with Crippen molar-refractivity contribution in [3.63, 3.8) is 0 Å². The van der Waals surface area contributed by atoms with Gasteiger partial charge in [-0.15, -0.1) is 10.2 Å². The second-order valence-electron chi connectivity index (χ2n) is 6.32. The van der Waals surface area contributed by atoms with E-state index in [-0.39, 0.29) is 11.7 Å². The van der Waals surface area contributed by atoms with Gasteiger partial charge >= 0.3 is 0 Å². The van der Waals surface area contributed by atoms with Gasteiger partial charge in [-0.25, -0.2) is 4.39 Å². The maximum atomic E-state index is 13.6. The largest absolute Gasteiger partial charge is 0.497 e.